The number of aliphatic hydroxyl groups excluding tert-OH is 1. The summed E-state index contributed by atoms with van der Waals surface area (Å²) in [6.07, 6.45) is 3.67. The summed E-state index contributed by atoms with van der Waals surface area (Å²) in [5, 5.41) is 16.4. The molecule has 1 saturated carbocycles. The van der Waals surface area contributed by atoms with Gasteiger partial charge in [0.15, 0.2) is 5.96 Å². The summed E-state index contributed by atoms with van der Waals surface area (Å²) in [4.78, 5) is 4.72. The van der Waals surface area contributed by atoms with Crippen LogP contribution >= 0.6 is 0 Å². The van der Waals surface area contributed by atoms with Gasteiger partial charge in [0, 0.05) is 12.6 Å². The van der Waals surface area contributed by atoms with E-state index in [0.29, 0.717) is 12.6 Å². The fraction of sp³-hybridized carbons (Fsp3) is 0.611. The highest BCUT2D eigenvalue weighted by atomic mass is 16.3. The Kier molecular flexibility index (Phi) is 6.25. The van der Waals surface area contributed by atoms with Crippen molar-refractivity contribution >= 4 is 5.96 Å². The van der Waals surface area contributed by atoms with Crippen LogP contribution < -0.4 is 10.6 Å². The molecule has 4 heteroatoms. The molecule has 4 nitrogen and oxygen atoms in total. The van der Waals surface area contributed by atoms with Crippen LogP contribution in [0.3, 0.4) is 0 Å². The van der Waals surface area contributed by atoms with E-state index in [4.69, 9.17) is 4.99 Å². The third-order valence-corrected chi connectivity index (χ3v) is 4.29. The maximum absolute atomic E-state index is 9.60. The predicted octanol–water partition coefficient (Wildman–Crippen LogP) is 2.66. The number of hydrogen-bond acceptors (Lipinski definition) is 2. The van der Waals surface area contributed by atoms with Crippen molar-refractivity contribution in [3.8, 4) is 0 Å². The van der Waals surface area contributed by atoms with Gasteiger partial charge in [0.05, 0.1) is 12.6 Å². The molecular formula is C18H29N3O. The number of benzene rings is 1. The largest absolute Gasteiger partial charge is 0.393 e. The van der Waals surface area contributed by atoms with Crippen molar-refractivity contribution in [3.63, 3.8) is 0 Å². The second kappa shape index (κ2) is 8.18. The number of guanidine groups is 1. The summed E-state index contributed by atoms with van der Waals surface area (Å²) in [6, 6.07) is 6.92. The maximum atomic E-state index is 9.60. The Hall–Kier alpha value is -1.55. The summed E-state index contributed by atoms with van der Waals surface area (Å²) in [7, 11) is 0. The smallest absolute Gasteiger partial charge is 0.191 e. The van der Waals surface area contributed by atoms with E-state index in [1.807, 2.05) is 0 Å². The zero-order valence-corrected chi connectivity index (χ0v) is 14.0. The fourth-order valence-corrected chi connectivity index (χ4v) is 2.92. The van der Waals surface area contributed by atoms with Crippen molar-refractivity contribution in [2.75, 3.05) is 6.54 Å². The van der Waals surface area contributed by atoms with Crippen LogP contribution in [-0.2, 0) is 6.54 Å². The number of nitrogens with one attached hydrogen (secondary N) is 2. The van der Waals surface area contributed by atoms with Gasteiger partial charge in [0.25, 0.3) is 0 Å². The number of rotatable bonds is 4. The number of aliphatic imine (C=N–C) groups is 1. The van der Waals surface area contributed by atoms with E-state index in [0.717, 1.165) is 38.2 Å². The Labute approximate surface area is 134 Å². The molecule has 0 atom stereocenters. The van der Waals surface area contributed by atoms with E-state index in [9.17, 15) is 5.11 Å². The molecule has 0 saturated heterocycles. The highest BCUT2D eigenvalue weighted by molar-refractivity contribution is 5.80. The number of nitrogens with zero attached hydrogens (tertiary/aromatic N) is 1. The summed E-state index contributed by atoms with van der Waals surface area (Å²) >= 11 is 0. The van der Waals surface area contributed by atoms with Crippen molar-refractivity contribution < 1.29 is 5.11 Å². The first-order valence-corrected chi connectivity index (χ1v) is 8.37. The minimum atomic E-state index is -0.118. The van der Waals surface area contributed by atoms with Crippen LogP contribution in [0.5, 0.6) is 0 Å². The molecule has 1 aromatic carbocycles. The number of aryl methyl sites for hydroxylation is 2. The maximum Gasteiger partial charge on any atom is 0.191 e. The van der Waals surface area contributed by atoms with E-state index < -0.39 is 0 Å². The molecule has 1 aliphatic rings. The highest BCUT2D eigenvalue weighted by Gasteiger charge is 2.19. The zero-order valence-electron chi connectivity index (χ0n) is 14.0. The van der Waals surface area contributed by atoms with E-state index in [1.54, 1.807) is 0 Å². The van der Waals surface area contributed by atoms with Gasteiger partial charge in [-0.05, 0) is 57.6 Å². The minimum Gasteiger partial charge on any atom is -0.393 e. The van der Waals surface area contributed by atoms with Gasteiger partial charge < -0.3 is 15.7 Å². The van der Waals surface area contributed by atoms with Crippen molar-refractivity contribution in [1.82, 2.24) is 10.6 Å². The third-order valence-electron chi connectivity index (χ3n) is 4.29. The van der Waals surface area contributed by atoms with Gasteiger partial charge in [-0.3, -0.25) is 0 Å². The van der Waals surface area contributed by atoms with Crippen molar-refractivity contribution in [1.29, 1.82) is 0 Å². The summed E-state index contributed by atoms with van der Waals surface area (Å²) in [5.74, 6) is 0.879. The van der Waals surface area contributed by atoms with Crippen molar-refractivity contribution in [2.45, 2.75) is 65.1 Å². The molecule has 0 heterocycles. The topological polar surface area (TPSA) is 56.7 Å². The molecule has 0 unspecified atom stereocenters. The highest BCUT2D eigenvalue weighted by Crippen LogP contribution is 2.18. The van der Waals surface area contributed by atoms with E-state index in [1.165, 1.54) is 16.7 Å². The molecule has 1 aromatic rings. The molecule has 122 valence electrons. The lowest BCUT2D eigenvalue weighted by Gasteiger charge is -2.27. The fourth-order valence-electron chi connectivity index (χ4n) is 2.92. The Morgan fingerprint density at radius 2 is 1.95 bits per heavy atom. The third kappa shape index (κ3) is 5.02. The molecule has 0 bridgehead atoms. The average Bonchev–Trinajstić information content (AvgIpc) is 2.48. The van der Waals surface area contributed by atoms with E-state index in [-0.39, 0.29) is 6.10 Å². The van der Waals surface area contributed by atoms with Gasteiger partial charge in [-0.1, -0.05) is 23.8 Å². The van der Waals surface area contributed by atoms with Crippen LogP contribution in [-0.4, -0.2) is 29.8 Å². The molecule has 3 N–H and O–H groups in total. The van der Waals surface area contributed by atoms with Crippen LogP contribution in [0.2, 0.25) is 0 Å². The average molecular weight is 303 g/mol. The Morgan fingerprint density at radius 3 is 2.59 bits per heavy atom. The van der Waals surface area contributed by atoms with Crippen LogP contribution in [0.15, 0.2) is 23.2 Å². The zero-order chi connectivity index (χ0) is 15.9. The first-order chi connectivity index (χ1) is 10.6. The molecule has 0 aliphatic heterocycles. The lowest BCUT2D eigenvalue weighted by Crippen LogP contribution is -2.45. The molecule has 22 heavy (non-hydrogen) atoms. The van der Waals surface area contributed by atoms with E-state index >= 15 is 0 Å². The number of hydrogen-bond donors (Lipinski definition) is 3. The molecule has 0 aromatic heterocycles. The predicted molar refractivity (Wildman–Crippen MR) is 92.1 cm³/mol. The normalized spacial score (nSPS) is 22.5. The Morgan fingerprint density at radius 1 is 1.23 bits per heavy atom. The Bertz CT molecular complexity index is 505. The SMILES string of the molecule is CCNC(=NCc1ccc(C)cc1C)NC1CCC(O)CC1. The van der Waals surface area contributed by atoms with Gasteiger partial charge >= 0.3 is 0 Å². The lowest BCUT2D eigenvalue weighted by atomic mass is 9.93. The van der Waals surface area contributed by atoms with Crippen LogP contribution in [0, 0.1) is 13.8 Å². The van der Waals surface area contributed by atoms with Crippen molar-refractivity contribution in [3.05, 3.63) is 34.9 Å². The van der Waals surface area contributed by atoms with Gasteiger partial charge in [-0.2, -0.15) is 0 Å². The quantitative estimate of drug-likeness (QED) is 0.592. The first-order valence-electron chi connectivity index (χ1n) is 8.37. The standard InChI is InChI=1S/C18H29N3O/c1-4-19-18(21-16-7-9-17(22)10-8-16)20-12-15-6-5-13(2)11-14(15)3/h5-6,11,16-17,22H,4,7-10,12H2,1-3H3,(H2,19,20,21). The second-order valence-corrected chi connectivity index (χ2v) is 6.27. The number of aliphatic hydroxyl groups is 1. The first kappa shape index (κ1) is 16.8. The molecule has 1 fully saturated rings. The molecule has 0 spiro atoms. The van der Waals surface area contributed by atoms with Crippen LogP contribution in [0.1, 0.15) is 49.3 Å². The molecule has 0 radical (unpaired) electrons. The summed E-state index contributed by atoms with van der Waals surface area (Å²) < 4.78 is 0. The van der Waals surface area contributed by atoms with Gasteiger partial charge in [0.1, 0.15) is 0 Å². The molecule has 1 aliphatic carbocycles. The van der Waals surface area contributed by atoms with E-state index in [2.05, 4.69) is 49.6 Å². The summed E-state index contributed by atoms with van der Waals surface area (Å²) in [5.41, 5.74) is 3.85. The van der Waals surface area contributed by atoms with Gasteiger partial charge in [-0.25, -0.2) is 4.99 Å². The second-order valence-electron chi connectivity index (χ2n) is 6.27. The summed E-state index contributed by atoms with van der Waals surface area (Å²) in [6.45, 7) is 7.88. The van der Waals surface area contributed by atoms with Crippen molar-refractivity contribution in [2.24, 2.45) is 4.99 Å². The van der Waals surface area contributed by atoms with Crippen LogP contribution in [0.25, 0.3) is 0 Å². The Balaban J connectivity index is 1.97. The molecule has 0 amide bonds. The minimum absolute atomic E-state index is 0.118. The molecule has 2 rings (SSSR count). The van der Waals surface area contributed by atoms with Gasteiger partial charge in [0.2, 0.25) is 0 Å². The van der Waals surface area contributed by atoms with Crippen LogP contribution in [0.4, 0.5) is 0 Å². The molecular weight excluding hydrogens is 274 g/mol. The monoisotopic (exact) mass is 303 g/mol. The van der Waals surface area contributed by atoms with Gasteiger partial charge in [-0.15, -0.1) is 0 Å². The lowest BCUT2D eigenvalue weighted by molar-refractivity contribution is 0.120.